The van der Waals surface area contributed by atoms with Gasteiger partial charge in [-0.2, -0.15) is 21.6 Å². The molecule has 23 heavy (non-hydrogen) atoms. The maximum atomic E-state index is 12.1. The maximum absolute atomic E-state index is 12.1. The molecule has 140 valence electrons. The molecular formula is C13H29F3O4SSi2. The van der Waals surface area contributed by atoms with E-state index in [1.807, 2.05) is 0 Å². The second-order valence-corrected chi connectivity index (χ2v) is 17.4. The van der Waals surface area contributed by atoms with Gasteiger partial charge in [-0.3, -0.25) is 4.18 Å². The molecule has 0 aromatic rings. The van der Waals surface area contributed by atoms with Crippen LogP contribution in [0.3, 0.4) is 0 Å². The van der Waals surface area contributed by atoms with Gasteiger partial charge >= 0.3 is 15.6 Å². The quantitative estimate of drug-likeness (QED) is 0.217. The number of hydrogen-bond acceptors (Lipinski definition) is 4. The molecule has 0 saturated carbocycles. The molecule has 10 heteroatoms. The molecule has 0 saturated heterocycles. The van der Waals surface area contributed by atoms with E-state index in [0.717, 1.165) is 24.9 Å². The largest absolute Gasteiger partial charge is 0.523 e. The Morgan fingerprint density at radius 1 is 0.913 bits per heavy atom. The van der Waals surface area contributed by atoms with Crippen LogP contribution in [0.15, 0.2) is 0 Å². The van der Waals surface area contributed by atoms with Gasteiger partial charge in [0, 0.05) is 0 Å². The van der Waals surface area contributed by atoms with Crippen LogP contribution >= 0.6 is 0 Å². The fraction of sp³-hybridized carbons (Fsp3) is 1.00. The van der Waals surface area contributed by atoms with Crippen molar-refractivity contribution in [2.75, 3.05) is 6.61 Å². The first-order valence-electron chi connectivity index (χ1n) is 7.88. The fourth-order valence-corrected chi connectivity index (χ4v) is 11.9. The summed E-state index contributed by atoms with van der Waals surface area (Å²) < 4.78 is 68.1. The number of alkyl halides is 3. The van der Waals surface area contributed by atoms with Crippen molar-refractivity contribution in [1.29, 1.82) is 0 Å². The molecule has 0 rings (SSSR count). The predicted octanol–water partition coefficient (Wildman–Crippen LogP) is 4.86. The zero-order valence-electron chi connectivity index (χ0n) is 14.6. The van der Waals surface area contributed by atoms with Crippen LogP contribution in [0.2, 0.25) is 38.3 Å². The van der Waals surface area contributed by atoms with E-state index in [-0.39, 0.29) is 6.42 Å². The number of halogens is 3. The van der Waals surface area contributed by atoms with E-state index in [1.54, 1.807) is 0 Å². The summed E-state index contributed by atoms with van der Waals surface area (Å²) in [7, 11) is -9.05. The normalized spacial score (nSPS) is 14.3. The maximum Gasteiger partial charge on any atom is 0.523 e. The van der Waals surface area contributed by atoms with E-state index in [1.165, 1.54) is 0 Å². The minimum atomic E-state index is -5.47. The van der Waals surface area contributed by atoms with Gasteiger partial charge in [-0.05, 0) is 44.7 Å². The number of rotatable bonds is 11. The van der Waals surface area contributed by atoms with Crippen LogP contribution in [0.25, 0.3) is 0 Å². The van der Waals surface area contributed by atoms with Crippen LogP contribution in [-0.4, -0.2) is 37.2 Å². The summed E-state index contributed by atoms with van der Waals surface area (Å²) in [6.45, 7) is 10.3. The van der Waals surface area contributed by atoms with Gasteiger partial charge in [-0.25, -0.2) is 0 Å². The Morgan fingerprint density at radius 2 is 1.39 bits per heavy atom. The smallest absolute Gasteiger partial charge is 0.455 e. The van der Waals surface area contributed by atoms with Crippen molar-refractivity contribution >= 4 is 26.8 Å². The summed E-state index contributed by atoms with van der Waals surface area (Å²) in [6.07, 6.45) is 3.15. The predicted molar refractivity (Wildman–Crippen MR) is 90.7 cm³/mol. The van der Waals surface area contributed by atoms with Crippen molar-refractivity contribution in [3.05, 3.63) is 0 Å². The van der Waals surface area contributed by atoms with E-state index in [0.29, 0.717) is 6.42 Å². The Bertz CT molecular complexity index is 451. The monoisotopic (exact) mass is 394 g/mol. The van der Waals surface area contributed by atoms with Crippen molar-refractivity contribution in [2.45, 2.75) is 76.4 Å². The van der Waals surface area contributed by atoms with Gasteiger partial charge in [0.1, 0.15) is 0 Å². The van der Waals surface area contributed by atoms with Gasteiger partial charge < -0.3 is 4.12 Å². The molecule has 0 N–H and O–H groups in total. The third-order valence-electron chi connectivity index (χ3n) is 3.38. The average molecular weight is 395 g/mol. The molecule has 0 spiro atoms. The average Bonchev–Trinajstić information content (AvgIpc) is 2.33. The third-order valence-corrected chi connectivity index (χ3v) is 12.0. The zero-order valence-corrected chi connectivity index (χ0v) is 17.4. The summed E-state index contributed by atoms with van der Waals surface area (Å²) in [6, 6.07) is 1.89. The summed E-state index contributed by atoms with van der Waals surface area (Å²) in [5.41, 5.74) is -5.35. The van der Waals surface area contributed by atoms with Crippen LogP contribution in [0, 0.1) is 0 Å². The lowest BCUT2D eigenvalue weighted by molar-refractivity contribution is -0.0542. The van der Waals surface area contributed by atoms with Crippen LogP contribution in [-0.2, 0) is 18.4 Å². The van der Waals surface area contributed by atoms with Crippen LogP contribution in [0.1, 0.15) is 32.6 Å². The molecule has 0 unspecified atom stereocenters. The fourth-order valence-electron chi connectivity index (χ4n) is 2.34. The molecule has 0 bridgehead atoms. The molecule has 0 atom stereocenters. The zero-order chi connectivity index (χ0) is 18.4. The molecule has 0 aliphatic carbocycles. The summed E-state index contributed by atoms with van der Waals surface area (Å²) >= 11 is 0. The first-order valence-corrected chi connectivity index (χ1v) is 15.5. The first kappa shape index (κ1) is 23.1. The van der Waals surface area contributed by atoms with Crippen LogP contribution < -0.4 is 0 Å². The Morgan fingerprint density at radius 3 is 1.83 bits per heavy atom. The van der Waals surface area contributed by atoms with Crippen molar-refractivity contribution < 1.29 is 29.9 Å². The second kappa shape index (κ2) is 8.98. The molecule has 0 aromatic heterocycles. The third kappa shape index (κ3) is 9.85. The lowest BCUT2D eigenvalue weighted by Crippen LogP contribution is -2.44. The standard InChI is InChI=1S/C13H29F3O4SSi2/c1-6-7-11-22(2,3)20-23(4,5)12-9-8-10-19-21(17,18)13(14,15)16/h6-12H2,1-5H3. The summed E-state index contributed by atoms with van der Waals surface area (Å²) in [5.74, 6) is 0. The van der Waals surface area contributed by atoms with E-state index in [9.17, 15) is 21.6 Å². The highest BCUT2D eigenvalue weighted by molar-refractivity contribution is 7.87. The molecule has 4 nitrogen and oxygen atoms in total. The highest BCUT2D eigenvalue weighted by Gasteiger charge is 2.47. The van der Waals surface area contributed by atoms with Gasteiger partial charge in [0.05, 0.1) is 6.61 Å². The van der Waals surface area contributed by atoms with Crippen LogP contribution in [0.5, 0.6) is 0 Å². The SMILES string of the molecule is CCCC[Si](C)(C)O[Si](C)(C)CCCCOS(=O)(=O)C(F)(F)F. The van der Waals surface area contributed by atoms with E-state index >= 15 is 0 Å². The summed E-state index contributed by atoms with van der Waals surface area (Å²) in [5, 5.41) is 0. The van der Waals surface area contributed by atoms with Crippen LogP contribution in [0.4, 0.5) is 13.2 Å². The van der Waals surface area contributed by atoms with Crippen molar-refractivity contribution in [3.8, 4) is 0 Å². The first-order chi connectivity index (χ1) is 10.2. The van der Waals surface area contributed by atoms with Crippen molar-refractivity contribution in [2.24, 2.45) is 0 Å². The second-order valence-electron chi connectivity index (χ2n) is 6.90. The van der Waals surface area contributed by atoms with E-state index < -0.39 is 38.9 Å². The minimum absolute atomic E-state index is 0.270. The minimum Gasteiger partial charge on any atom is -0.455 e. The molecule has 0 aliphatic rings. The van der Waals surface area contributed by atoms with Gasteiger partial charge in [0.25, 0.3) is 0 Å². The molecule has 0 heterocycles. The van der Waals surface area contributed by atoms with Gasteiger partial charge in [-0.15, -0.1) is 0 Å². The lowest BCUT2D eigenvalue weighted by atomic mass is 10.4. The molecule has 0 fully saturated rings. The molecule has 0 aromatic carbocycles. The Hall–Kier alpha value is 0.0938. The van der Waals surface area contributed by atoms with Gasteiger partial charge in [-0.1, -0.05) is 26.2 Å². The highest BCUT2D eigenvalue weighted by atomic mass is 32.2. The molecule has 0 aliphatic heterocycles. The van der Waals surface area contributed by atoms with Gasteiger partial charge in [0.2, 0.25) is 0 Å². The Balaban J connectivity index is 4.17. The number of hydrogen-bond donors (Lipinski definition) is 0. The lowest BCUT2D eigenvalue weighted by Gasteiger charge is -2.34. The number of unbranched alkanes of at least 4 members (excludes halogenated alkanes) is 2. The molecular weight excluding hydrogens is 365 g/mol. The Labute approximate surface area is 140 Å². The highest BCUT2D eigenvalue weighted by Crippen LogP contribution is 2.26. The molecule has 0 radical (unpaired) electrons. The van der Waals surface area contributed by atoms with E-state index in [4.69, 9.17) is 4.12 Å². The molecule has 0 amide bonds. The Kier molecular flexibility index (Phi) is 9.01. The van der Waals surface area contributed by atoms with Crippen molar-refractivity contribution in [1.82, 2.24) is 0 Å². The van der Waals surface area contributed by atoms with Gasteiger partial charge in [0.15, 0.2) is 16.6 Å². The van der Waals surface area contributed by atoms with E-state index in [2.05, 4.69) is 37.3 Å². The topological polar surface area (TPSA) is 52.6 Å². The van der Waals surface area contributed by atoms with Crippen molar-refractivity contribution in [3.63, 3.8) is 0 Å². The summed E-state index contributed by atoms with van der Waals surface area (Å²) in [4.78, 5) is 0.